The van der Waals surface area contributed by atoms with E-state index < -0.39 is 170 Å². The first-order chi connectivity index (χ1) is 40.3. The van der Waals surface area contributed by atoms with Gasteiger partial charge in [-0.3, -0.25) is 52.7 Å². The van der Waals surface area contributed by atoms with Gasteiger partial charge in [-0.05, 0) is 47.6 Å². The number of fused-ring (bicyclic) bond motifs is 5. The molecule has 12 atom stereocenters. The average Bonchev–Trinajstić information content (AvgIpc) is 2.96. The van der Waals surface area contributed by atoms with Gasteiger partial charge in [0.15, 0.2) is 17.3 Å². The van der Waals surface area contributed by atoms with Crippen LogP contribution in [0.4, 0.5) is 5.69 Å². The standard InChI is InChI=1S/C60H84N10O14S/c1-9-32(6)53-58(83)63-25-50(78)66-43-29-85-59-41(40-12-10-11-13-42(40)67-59)19-36(56(81)62-26-51(79)68-53)20-47(75)54(34(8)48(76)28-71)69-57(82)44-23-39(72)27-70(44)60(84)37(21-45(43)73)22-49(77)61-24-35-14-16-38(17-15-35)65-55(80)33(7)18-46(74)52(30(2)3)64-31(4)5/h10-17,30-34,36-37,39,43-44,48,52-54,64,67,71-72,76H,9,18-29H2,1-8H3,(H,61,77)(H,62,81)(H,63,83)(H,65,80)(H,66,78)(H,68,79)(H,69,82)/t32-,33+,34-,36+,37-,39?,43?,44-,48-,52?,53-,54-/m0/s1. The van der Waals surface area contributed by atoms with Gasteiger partial charge in [0.05, 0.1) is 61.0 Å². The lowest BCUT2D eigenvalue weighted by molar-refractivity contribution is -0.145. The van der Waals surface area contributed by atoms with E-state index in [-0.39, 0.29) is 55.2 Å². The van der Waals surface area contributed by atoms with Crippen LogP contribution < -0.4 is 42.5 Å². The number of amides is 8. The van der Waals surface area contributed by atoms with E-state index in [1.54, 1.807) is 69.3 Å². The van der Waals surface area contributed by atoms with Gasteiger partial charge in [0, 0.05) is 91.3 Å². The van der Waals surface area contributed by atoms with Gasteiger partial charge in [-0.2, -0.15) is 0 Å². The lowest BCUT2D eigenvalue weighted by Crippen LogP contribution is -2.56. The quantitative estimate of drug-likeness (QED) is 0.0894. The number of aliphatic hydroxyl groups excluding tert-OH is 3. The summed E-state index contributed by atoms with van der Waals surface area (Å²) < 4.78 is 0. The zero-order valence-corrected chi connectivity index (χ0v) is 50.4. The third kappa shape index (κ3) is 18.2. The number of hydrogen-bond donors (Lipinski definition) is 12. The highest BCUT2D eigenvalue weighted by molar-refractivity contribution is 7.99. The second kappa shape index (κ2) is 30.8. The van der Waals surface area contributed by atoms with E-state index in [0.29, 0.717) is 39.2 Å². The monoisotopic (exact) mass is 1200 g/mol. The van der Waals surface area contributed by atoms with Crippen LogP contribution in [0.3, 0.4) is 0 Å². The maximum atomic E-state index is 15.0. The number of rotatable bonds is 17. The Hall–Kier alpha value is -7.06. The third-order valence-electron chi connectivity index (χ3n) is 16.1. The normalized spacial score (nSPS) is 24.4. The van der Waals surface area contributed by atoms with Crippen LogP contribution in [0.5, 0.6) is 0 Å². The first-order valence-electron chi connectivity index (χ1n) is 29.2. The summed E-state index contributed by atoms with van der Waals surface area (Å²) in [5.41, 5.74) is 2.13. The SMILES string of the molecule is CC[C@H](C)[C@@H]1NC(=O)CNC(=O)[C@H]2CC(=O)[C@H]([C@@H](C)[C@@H](O)CO)NC(=O)[C@@H]3CC(O)CN3C(=O)[C@H](CC(=O)NCc3ccc(NC(=O)[C@H](C)CC(=O)C(NC(C)C)C(C)C)cc3)CC(=O)C(CSc3[nH]c4ccccc4c3C2)NC(=O)CNC1=O. The topological polar surface area (TPSA) is 364 Å². The Labute approximate surface area is 499 Å². The maximum Gasteiger partial charge on any atom is 0.243 e. The van der Waals surface area contributed by atoms with E-state index in [1.165, 1.54) is 6.92 Å². The van der Waals surface area contributed by atoms with Crippen molar-refractivity contribution in [2.45, 2.75) is 160 Å². The Kier molecular flexibility index (Phi) is 24.3. The minimum atomic E-state index is -1.61. The van der Waals surface area contributed by atoms with Gasteiger partial charge in [-0.25, -0.2) is 0 Å². The van der Waals surface area contributed by atoms with E-state index in [1.807, 2.05) is 27.7 Å². The lowest BCUT2D eigenvalue weighted by atomic mass is 9.85. The van der Waals surface area contributed by atoms with Crippen LogP contribution in [0, 0.1) is 35.5 Å². The van der Waals surface area contributed by atoms with Crippen molar-refractivity contribution in [3.8, 4) is 0 Å². The summed E-state index contributed by atoms with van der Waals surface area (Å²) >= 11 is 1.08. The van der Waals surface area contributed by atoms with Crippen molar-refractivity contribution in [3.63, 3.8) is 0 Å². The molecule has 1 fully saturated rings. The van der Waals surface area contributed by atoms with E-state index in [0.717, 1.165) is 16.7 Å². The Morgan fingerprint density at radius 2 is 1.46 bits per heavy atom. The van der Waals surface area contributed by atoms with E-state index in [4.69, 9.17) is 0 Å². The van der Waals surface area contributed by atoms with Crippen LogP contribution in [-0.4, -0.2) is 170 Å². The van der Waals surface area contributed by atoms with E-state index in [9.17, 15) is 63.3 Å². The van der Waals surface area contributed by atoms with Crippen LogP contribution in [-0.2, 0) is 65.7 Å². The highest BCUT2D eigenvalue weighted by Gasteiger charge is 2.45. The van der Waals surface area contributed by atoms with Gasteiger partial charge >= 0.3 is 0 Å². The number of carbonyl (C=O) groups is 11. The molecule has 2 aromatic carbocycles. The van der Waals surface area contributed by atoms with Crippen LogP contribution in [0.1, 0.15) is 105 Å². The van der Waals surface area contributed by atoms with Gasteiger partial charge in [0.2, 0.25) is 47.3 Å². The number of nitrogens with zero attached hydrogens (tertiary/aromatic N) is 1. The highest BCUT2D eigenvalue weighted by atomic mass is 32.2. The molecule has 25 heteroatoms. The fraction of sp³-hybridized carbons (Fsp3) is 0.583. The maximum absolute atomic E-state index is 15.0. The first kappa shape index (κ1) is 67.1. The molecule has 464 valence electrons. The molecule has 4 heterocycles. The Balaban J connectivity index is 1.35. The van der Waals surface area contributed by atoms with E-state index >= 15 is 4.79 Å². The van der Waals surface area contributed by atoms with Crippen molar-refractivity contribution in [1.29, 1.82) is 0 Å². The molecule has 0 saturated carbocycles. The predicted molar refractivity (Wildman–Crippen MR) is 316 cm³/mol. The Morgan fingerprint density at radius 1 is 0.788 bits per heavy atom. The van der Waals surface area contributed by atoms with Gasteiger partial charge in [0.1, 0.15) is 12.1 Å². The van der Waals surface area contributed by atoms with Gasteiger partial charge in [0.25, 0.3) is 0 Å². The van der Waals surface area contributed by atoms with Crippen LogP contribution in [0.25, 0.3) is 10.9 Å². The van der Waals surface area contributed by atoms with Crippen molar-refractivity contribution >= 4 is 93.0 Å². The zero-order chi connectivity index (χ0) is 62.4. The lowest BCUT2D eigenvalue weighted by Gasteiger charge is -2.32. The largest absolute Gasteiger partial charge is 0.394 e. The summed E-state index contributed by atoms with van der Waals surface area (Å²) in [5, 5.41) is 55.2. The number of anilines is 1. The van der Waals surface area contributed by atoms with Gasteiger partial charge < -0.3 is 67.7 Å². The summed E-state index contributed by atoms with van der Waals surface area (Å²) in [6, 6.07) is 7.59. The second-order valence-corrected chi connectivity index (χ2v) is 24.5. The molecule has 3 aromatic rings. The number of hydrogen-bond acceptors (Lipinski definition) is 16. The summed E-state index contributed by atoms with van der Waals surface area (Å²) in [6.45, 7) is 11.7. The molecule has 8 amide bonds. The van der Waals surface area contributed by atoms with Gasteiger partial charge in [-0.1, -0.05) is 92.1 Å². The average molecular weight is 1200 g/mol. The number of Topliss-reactive ketones (excluding diaryl/α,β-unsaturated/α-hetero) is 3. The molecule has 85 heavy (non-hydrogen) atoms. The number of aromatic nitrogens is 1. The zero-order valence-electron chi connectivity index (χ0n) is 49.6. The first-order valence-corrected chi connectivity index (χ1v) is 30.2. The number of benzene rings is 2. The molecule has 0 radical (unpaired) electrons. The molecular weight excluding hydrogens is 1120 g/mol. The predicted octanol–water partition coefficient (Wildman–Crippen LogP) is 0.927. The number of ketones is 3. The Morgan fingerprint density at radius 3 is 2.12 bits per heavy atom. The molecule has 0 spiro atoms. The number of aromatic amines is 1. The van der Waals surface area contributed by atoms with Crippen LogP contribution in [0.15, 0.2) is 53.6 Å². The number of para-hydroxylation sites is 1. The minimum Gasteiger partial charge on any atom is -0.394 e. The van der Waals surface area contributed by atoms with Crippen molar-refractivity contribution in [2.24, 2.45) is 35.5 Å². The highest BCUT2D eigenvalue weighted by Crippen LogP contribution is 2.34. The molecule has 1 aromatic heterocycles. The number of thioether (sulfide) groups is 1. The third-order valence-corrected chi connectivity index (χ3v) is 17.2. The minimum absolute atomic E-state index is 0.0227. The number of carbonyl (C=O) groups excluding carboxylic acids is 11. The van der Waals surface area contributed by atoms with Crippen LogP contribution >= 0.6 is 11.8 Å². The molecule has 0 aliphatic carbocycles. The summed E-state index contributed by atoms with van der Waals surface area (Å²) in [7, 11) is 0. The molecule has 3 unspecified atom stereocenters. The Bertz CT molecular complexity index is 2930. The van der Waals surface area contributed by atoms with Crippen LogP contribution in [0.2, 0.25) is 0 Å². The summed E-state index contributed by atoms with van der Waals surface area (Å²) in [6.07, 6.45) is -4.89. The van der Waals surface area contributed by atoms with E-state index in [2.05, 4.69) is 47.5 Å². The van der Waals surface area contributed by atoms with Crippen molar-refractivity contribution in [1.82, 2.24) is 47.1 Å². The molecular formula is C60H84N10O14S. The number of H-pyrrole nitrogens is 1. The second-order valence-electron chi connectivity index (χ2n) is 23.5. The van der Waals surface area contributed by atoms with Crippen molar-refractivity contribution in [3.05, 3.63) is 59.7 Å². The molecule has 6 rings (SSSR count). The summed E-state index contributed by atoms with van der Waals surface area (Å²) in [5.74, 6) is -12.8. The fourth-order valence-corrected chi connectivity index (χ4v) is 12.0. The molecule has 3 aliphatic rings. The molecule has 1 saturated heterocycles. The molecule has 3 aliphatic heterocycles. The van der Waals surface area contributed by atoms with Crippen molar-refractivity contribution in [2.75, 3.05) is 37.3 Å². The van der Waals surface area contributed by atoms with Gasteiger partial charge in [-0.15, -0.1) is 11.8 Å². The fourth-order valence-electron chi connectivity index (χ4n) is 10.8. The summed E-state index contributed by atoms with van der Waals surface area (Å²) in [4.78, 5) is 160. The number of nitrogens with one attached hydrogen (secondary N) is 9. The molecule has 24 nitrogen and oxygen atoms in total. The smallest absolute Gasteiger partial charge is 0.243 e. The molecule has 12 N–H and O–H groups in total. The number of aliphatic hydroxyl groups is 3. The van der Waals surface area contributed by atoms with Crippen molar-refractivity contribution < 1.29 is 68.1 Å². The molecule has 2 bridgehead atoms.